The summed E-state index contributed by atoms with van der Waals surface area (Å²) in [6.07, 6.45) is 2.25. The second-order valence-electron chi connectivity index (χ2n) is 4.71. The van der Waals surface area contributed by atoms with Gasteiger partial charge >= 0.3 is 6.03 Å². The maximum absolute atomic E-state index is 11.7. The smallest absolute Gasteiger partial charge is 0.320 e. The molecule has 2 N–H and O–H groups in total. The first-order valence-corrected chi connectivity index (χ1v) is 7.38. The number of benzene rings is 1. The minimum absolute atomic E-state index is 0.314. The van der Waals surface area contributed by atoms with Crippen LogP contribution in [-0.4, -0.2) is 24.2 Å². The number of amides is 2. The SMILES string of the molecule is Cc1ccccc1OCCCNC(=O)Nc1cc(Cl)ccn1. The molecule has 1 aromatic heterocycles. The molecule has 2 amide bonds. The molecule has 22 heavy (non-hydrogen) atoms. The van der Waals surface area contributed by atoms with Gasteiger partial charge in [-0.3, -0.25) is 5.32 Å². The zero-order chi connectivity index (χ0) is 15.8. The van der Waals surface area contributed by atoms with Gasteiger partial charge in [0.05, 0.1) is 6.61 Å². The fraction of sp³-hybridized carbons (Fsp3) is 0.250. The van der Waals surface area contributed by atoms with Crippen molar-refractivity contribution in [1.29, 1.82) is 0 Å². The normalized spacial score (nSPS) is 10.1. The molecule has 2 rings (SSSR count). The molecular formula is C16H18ClN3O2. The molecule has 0 aliphatic rings. The second-order valence-corrected chi connectivity index (χ2v) is 5.14. The van der Waals surface area contributed by atoms with Crippen molar-refractivity contribution in [2.45, 2.75) is 13.3 Å². The molecule has 0 fully saturated rings. The van der Waals surface area contributed by atoms with Crippen LogP contribution in [0.1, 0.15) is 12.0 Å². The van der Waals surface area contributed by atoms with Gasteiger partial charge in [0.25, 0.3) is 0 Å². The molecule has 0 atom stereocenters. The first-order valence-electron chi connectivity index (χ1n) is 7.00. The number of aromatic nitrogens is 1. The Kier molecular flexibility index (Phi) is 6.03. The van der Waals surface area contributed by atoms with Gasteiger partial charge in [-0.2, -0.15) is 0 Å². The summed E-state index contributed by atoms with van der Waals surface area (Å²) in [4.78, 5) is 15.7. The number of carbonyl (C=O) groups is 1. The minimum atomic E-state index is -0.314. The van der Waals surface area contributed by atoms with Crippen LogP contribution >= 0.6 is 11.6 Å². The summed E-state index contributed by atoms with van der Waals surface area (Å²) in [5.74, 6) is 1.29. The summed E-state index contributed by atoms with van der Waals surface area (Å²) in [6, 6.07) is 10.8. The van der Waals surface area contributed by atoms with E-state index in [0.29, 0.717) is 30.4 Å². The van der Waals surface area contributed by atoms with Gasteiger partial charge in [-0.05, 0) is 37.1 Å². The van der Waals surface area contributed by atoms with Crippen molar-refractivity contribution in [3.05, 3.63) is 53.2 Å². The molecule has 6 heteroatoms. The lowest BCUT2D eigenvalue weighted by molar-refractivity contribution is 0.250. The summed E-state index contributed by atoms with van der Waals surface area (Å²) >= 11 is 5.82. The van der Waals surface area contributed by atoms with Crippen LogP contribution in [0.3, 0.4) is 0 Å². The first kappa shape index (κ1) is 16.1. The van der Waals surface area contributed by atoms with Gasteiger partial charge in [0.15, 0.2) is 0 Å². The molecule has 0 saturated carbocycles. The summed E-state index contributed by atoms with van der Waals surface area (Å²) in [7, 11) is 0. The molecule has 0 spiro atoms. The minimum Gasteiger partial charge on any atom is -0.493 e. The van der Waals surface area contributed by atoms with Crippen LogP contribution in [0, 0.1) is 6.92 Å². The van der Waals surface area contributed by atoms with Gasteiger partial charge in [0.1, 0.15) is 11.6 Å². The van der Waals surface area contributed by atoms with E-state index in [0.717, 1.165) is 11.3 Å². The largest absolute Gasteiger partial charge is 0.493 e. The van der Waals surface area contributed by atoms with Crippen molar-refractivity contribution in [1.82, 2.24) is 10.3 Å². The van der Waals surface area contributed by atoms with Gasteiger partial charge in [0, 0.05) is 17.8 Å². The van der Waals surface area contributed by atoms with Crippen LogP contribution in [0.2, 0.25) is 5.02 Å². The predicted octanol–water partition coefficient (Wildman–Crippen LogP) is 3.63. The Morgan fingerprint density at radius 2 is 2.14 bits per heavy atom. The Morgan fingerprint density at radius 1 is 1.32 bits per heavy atom. The van der Waals surface area contributed by atoms with Crippen molar-refractivity contribution >= 4 is 23.4 Å². The van der Waals surface area contributed by atoms with Gasteiger partial charge < -0.3 is 10.1 Å². The first-order chi connectivity index (χ1) is 10.6. The topological polar surface area (TPSA) is 63.2 Å². The van der Waals surface area contributed by atoms with Crippen LogP contribution < -0.4 is 15.4 Å². The number of nitrogens with one attached hydrogen (secondary N) is 2. The Morgan fingerprint density at radius 3 is 2.91 bits per heavy atom. The number of carbonyl (C=O) groups excluding carboxylic acids is 1. The van der Waals surface area contributed by atoms with E-state index in [9.17, 15) is 4.79 Å². The number of hydrogen-bond acceptors (Lipinski definition) is 3. The highest BCUT2D eigenvalue weighted by molar-refractivity contribution is 6.30. The van der Waals surface area contributed by atoms with Crippen molar-refractivity contribution in [3.8, 4) is 5.75 Å². The maximum Gasteiger partial charge on any atom is 0.320 e. The zero-order valence-electron chi connectivity index (χ0n) is 12.3. The molecular weight excluding hydrogens is 302 g/mol. The fourth-order valence-corrected chi connectivity index (χ4v) is 1.97. The lowest BCUT2D eigenvalue weighted by Gasteiger charge is -2.10. The Labute approximate surface area is 134 Å². The number of aryl methyl sites for hydroxylation is 1. The third kappa shape index (κ3) is 5.26. The van der Waals surface area contributed by atoms with Crippen molar-refractivity contribution in [2.24, 2.45) is 0 Å². The molecule has 116 valence electrons. The predicted molar refractivity (Wildman–Crippen MR) is 87.6 cm³/mol. The quantitative estimate of drug-likeness (QED) is 0.799. The van der Waals surface area contributed by atoms with Crippen LogP contribution in [0.25, 0.3) is 0 Å². The van der Waals surface area contributed by atoms with Crippen molar-refractivity contribution in [3.63, 3.8) is 0 Å². The van der Waals surface area contributed by atoms with E-state index in [4.69, 9.17) is 16.3 Å². The van der Waals surface area contributed by atoms with E-state index in [1.807, 2.05) is 31.2 Å². The maximum atomic E-state index is 11.7. The molecule has 0 bridgehead atoms. The summed E-state index contributed by atoms with van der Waals surface area (Å²) in [5.41, 5.74) is 1.10. The number of rotatable bonds is 6. The van der Waals surface area contributed by atoms with E-state index >= 15 is 0 Å². The molecule has 0 unspecified atom stereocenters. The van der Waals surface area contributed by atoms with Crippen LogP contribution in [0.4, 0.5) is 10.6 Å². The van der Waals surface area contributed by atoms with Crippen LogP contribution in [-0.2, 0) is 0 Å². The number of nitrogens with zero attached hydrogens (tertiary/aromatic N) is 1. The third-order valence-corrected chi connectivity index (χ3v) is 3.16. The van der Waals surface area contributed by atoms with Gasteiger partial charge in [0.2, 0.25) is 0 Å². The summed E-state index contributed by atoms with van der Waals surface area (Å²) in [6.45, 7) is 3.05. The molecule has 0 saturated heterocycles. The number of pyridine rings is 1. The molecule has 1 aromatic carbocycles. The molecule has 0 aliphatic carbocycles. The van der Waals surface area contributed by atoms with Crippen LogP contribution in [0.15, 0.2) is 42.6 Å². The molecule has 0 aliphatic heterocycles. The highest BCUT2D eigenvalue weighted by Crippen LogP contribution is 2.16. The summed E-state index contributed by atoms with van der Waals surface area (Å²) < 4.78 is 5.65. The number of ether oxygens (including phenoxy) is 1. The standard InChI is InChI=1S/C16H18ClN3O2/c1-12-5-2-3-6-14(12)22-10-4-8-19-16(21)20-15-11-13(17)7-9-18-15/h2-3,5-7,9,11H,4,8,10H2,1H3,(H2,18,19,20,21). The molecule has 1 heterocycles. The van der Waals surface area contributed by atoms with Gasteiger partial charge in [-0.15, -0.1) is 0 Å². The number of halogens is 1. The highest BCUT2D eigenvalue weighted by atomic mass is 35.5. The molecule has 5 nitrogen and oxygen atoms in total. The van der Waals surface area contributed by atoms with Gasteiger partial charge in [-0.25, -0.2) is 9.78 Å². The second kappa shape index (κ2) is 8.24. The lowest BCUT2D eigenvalue weighted by atomic mass is 10.2. The number of hydrogen-bond donors (Lipinski definition) is 2. The van der Waals surface area contributed by atoms with Gasteiger partial charge in [-0.1, -0.05) is 29.8 Å². The fourth-order valence-electron chi connectivity index (χ4n) is 1.81. The van der Waals surface area contributed by atoms with E-state index in [-0.39, 0.29) is 6.03 Å². The van der Waals surface area contributed by atoms with Crippen molar-refractivity contribution < 1.29 is 9.53 Å². The highest BCUT2D eigenvalue weighted by Gasteiger charge is 2.03. The van der Waals surface area contributed by atoms with E-state index in [1.165, 1.54) is 6.20 Å². The average molecular weight is 320 g/mol. The van der Waals surface area contributed by atoms with E-state index in [1.54, 1.807) is 12.1 Å². The van der Waals surface area contributed by atoms with E-state index in [2.05, 4.69) is 15.6 Å². The third-order valence-electron chi connectivity index (χ3n) is 2.92. The zero-order valence-corrected chi connectivity index (χ0v) is 13.1. The Bertz CT molecular complexity index is 634. The van der Waals surface area contributed by atoms with E-state index < -0.39 is 0 Å². The molecule has 2 aromatic rings. The Balaban J connectivity index is 1.64. The van der Waals surface area contributed by atoms with Crippen LogP contribution in [0.5, 0.6) is 5.75 Å². The Hall–Kier alpha value is -2.27. The monoisotopic (exact) mass is 319 g/mol. The number of anilines is 1. The summed E-state index contributed by atoms with van der Waals surface area (Å²) in [5, 5.41) is 5.88. The van der Waals surface area contributed by atoms with Crippen molar-refractivity contribution in [2.75, 3.05) is 18.5 Å². The lowest BCUT2D eigenvalue weighted by Crippen LogP contribution is -2.30. The number of urea groups is 1. The average Bonchev–Trinajstić information content (AvgIpc) is 2.48. The number of para-hydroxylation sites is 1. The molecule has 0 radical (unpaired) electrons.